The lowest BCUT2D eigenvalue weighted by atomic mass is 9.93. The van der Waals surface area contributed by atoms with E-state index >= 15 is 0 Å². The van der Waals surface area contributed by atoms with Crippen LogP contribution >= 0.6 is 12.4 Å². The number of hydrogen-bond acceptors (Lipinski definition) is 6. The summed E-state index contributed by atoms with van der Waals surface area (Å²) in [4.78, 5) is 34.2. The molecule has 0 unspecified atom stereocenters. The summed E-state index contributed by atoms with van der Waals surface area (Å²) in [6, 6.07) is 0. The lowest BCUT2D eigenvalue weighted by Crippen LogP contribution is -2.63. The molecule has 0 rings (SSSR count). The Morgan fingerprint density at radius 3 is 1.88 bits per heavy atom. The quantitative estimate of drug-likeness (QED) is 0.409. The van der Waals surface area contributed by atoms with Crippen LogP contribution in [0.25, 0.3) is 0 Å². The topological polar surface area (TPSA) is 158 Å². The van der Waals surface area contributed by atoms with Crippen molar-refractivity contribution in [3.8, 4) is 0 Å². The fraction of sp³-hybridized carbons (Fsp3) is 0.786. The molecule has 0 spiro atoms. The number of aliphatic carboxylic acids is 1. The SMILES string of the molecule is CCCC(CCC)S(=O)(=O)C[C@](N)(C(N)=O)C(=O)CCC(=O)O.Cl. The van der Waals surface area contributed by atoms with Crippen LogP contribution in [0.2, 0.25) is 0 Å². The number of nitrogens with two attached hydrogens (primary N) is 2. The molecule has 0 aliphatic carbocycles. The smallest absolute Gasteiger partial charge is 0.303 e. The van der Waals surface area contributed by atoms with Crippen LogP contribution < -0.4 is 11.5 Å². The summed E-state index contributed by atoms with van der Waals surface area (Å²) in [6.07, 6.45) is 0.966. The van der Waals surface area contributed by atoms with Gasteiger partial charge in [0.15, 0.2) is 21.2 Å². The molecular formula is C14H27ClN2O6S. The molecule has 0 aromatic heterocycles. The van der Waals surface area contributed by atoms with Crippen molar-refractivity contribution in [2.45, 2.75) is 63.2 Å². The second-order valence-corrected chi connectivity index (χ2v) is 7.94. The number of halogens is 1. The van der Waals surface area contributed by atoms with Crippen LogP contribution in [-0.2, 0) is 24.2 Å². The summed E-state index contributed by atoms with van der Waals surface area (Å²) in [5, 5.41) is 7.90. The van der Waals surface area contributed by atoms with E-state index in [1.165, 1.54) is 0 Å². The fourth-order valence-electron chi connectivity index (χ4n) is 2.32. The number of ketones is 1. The molecule has 0 saturated carbocycles. The second-order valence-electron chi connectivity index (χ2n) is 5.66. The summed E-state index contributed by atoms with van der Waals surface area (Å²) >= 11 is 0. The first-order valence-electron chi connectivity index (χ1n) is 7.56. The average molecular weight is 387 g/mol. The van der Waals surface area contributed by atoms with E-state index in [1.807, 2.05) is 13.8 Å². The number of rotatable bonds is 12. The Bertz CT molecular complexity index is 545. The highest BCUT2D eigenvalue weighted by Crippen LogP contribution is 2.20. The fourth-order valence-corrected chi connectivity index (χ4v) is 4.68. The van der Waals surface area contributed by atoms with Gasteiger partial charge in [-0.3, -0.25) is 14.4 Å². The van der Waals surface area contributed by atoms with Gasteiger partial charge in [-0.15, -0.1) is 12.4 Å². The van der Waals surface area contributed by atoms with Gasteiger partial charge in [-0.1, -0.05) is 26.7 Å². The van der Waals surface area contributed by atoms with Crippen molar-refractivity contribution < 1.29 is 27.9 Å². The molecule has 10 heteroatoms. The number of primary amides is 1. The molecule has 8 nitrogen and oxygen atoms in total. The zero-order valence-electron chi connectivity index (χ0n) is 14.0. The minimum Gasteiger partial charge on any atom is -0.481 e. The van der Waals surface area contributed by atoms with E-state index in [9.17, 15) is 22.8 Å². The normalized spacial score (nSPS) is 13.8. The van der Waals surface area contributed by atoms with E-state index in [0.717, 1.165) is 0 Å². The zero-order chi connectivity index (χ0) is 18.3. The van der Waals surface area contributed by atoms with Gasteiger partial charge in [-0.25, -0.2) is 8.42 Å². The maximum atomic E-state index is 12.5. The third kappa shape index (κ3) is 7.14. The maximum absolute atomic E-state index is 12.5. The van der Waals surface area contributed by atoms with E-state index in [0.29, 0.717) is 25.7 Å². The molecule has 1 amide bonds. The standard InChI is InChI=1S/C14H26N2O6S.ClH/c1-3-5-10(6-4-2)23(21,22)9-14(16,13(15)20)11(17)7-8-12(18)19;/h10H,3-9,16H2,1-2H3,(H2,15,20)(H,18,19);1H/t14-;/m1./s1. The summed E-state index contributed by atoms with van der Waals surface area (Å²) in [7, 11) is -3.83. The molecule has 0 radical (unpaired) electrons. The number of carboxylic acids is 1. The Balaban J connectivity index is 0. The number of carboxylic acid groups (broad SMARTS) is 1. The summed E-state index contributed by atoms with van der Waals surface area (Å²) < 4.78 is 25.0. The number of sulfone groups is 1. The molecule has 24 heavy (non-hydrogen) atoms. The largest absolute Gasteiger partial charge is 0.481 e. The first-order chi connectivity index (χ1) is 10.5. The molecule has 0 aromatic rings. The molecule has 0 heterocycles. The zero-order valence-corrected chi connectivity index (χ0v) is 15.6. The minimum absolute atomic E-state index is 0. The van der Waals surface area contributed by atoms with Gasteiger partial charge in [0.05, 0.1) is 17.4 Å². The van der Waals surface area contributed by atoms with Crippen molar-refractivity contribution in [3.05, 3.63) is 0 Å². The average Bonchev–Trinajstić information content (AvgIpc) is 2.43. The number of hydrogen-bond donors (Lipinski definition) is 3. The molecule has 0 aliphatic heterocycles. The monoisotopic (exact) mass is 386 g/mol. The Hall–Kier alpha value is -1.19. The highest BCUT2D eigenvalue weighted by Gasteiger charge is 2.45. The number of Topliss-reactive ketones (excluding diaryl/α,β-unsaturated/α-hetero) is 1. The van der Waals surface area contributed by atoms with Crippen LogP contribution in [0.3, 0.4) is 0 Å². The lowest BCUT2D eigenvalue weighted by molar-refractivity contribution is -0.140. The molecular weight excluding hydrogens is 360 g/mol. The van der Waals surface area contributed by atoms with Gasteiger partial charge in [0.2, 0.25) is 5.91 Å². The van der Waals surface area contributed by atoms with Gasteiger partial charge in [0.25, 0.3) is 0 Å². The third-order valence-corrected chi connectivity index (χ3v) is 6.01. The van der Waals surface area contributed by atoms with Crippen LogP contribution in [0.4, 0.5) is 0 Å². The van der Waals surface area contributed by atoms with Crippen molar-refractivity contribution in [3.63, 3.8) is 0 Å². The maximum Gasteiger partial charge on any atom is 0.303 e. The highest BCUT2D eigenvalue weighted by molar-refractivity contribution is 7.92. The third-order valence-electron chi connectivity index (χ3n) is 3.66. The molecule has 0 saturated heterocycles. The predicted molar refractivity (Wildman–Crippen MR) is 92.6 cm³/mol. The molecule has 142 valence electrons. The van der Waals surface area contributed by atoms with Crippen LogP contribution in [-0.4, -0.2) is 47.7 Å². The second kappa shape index (κ2) is 10.6. The highest BCUT2D eigenvalue weighted by atomic mass is 35.5. The van der Waals surface area contributed by atoms with Crippen LogP contribution in [0.1, 0.15) is 52.4 Å². The molecule has 0 aromatic carbocycles. The Morgan fingerprint density at radius 1 is 1.08 bits per heavy atom. The van der Waals surface area contributed by atoms with E-state index in [4.69, 9.17) is 16.6 Å². The molecule has 0 fully saturated rings. The molecule has 5 N–H and O–H groups in total. The summed E-state index contributed by atoms with van der Waals surface area (Å²) in [5.74, 6) is -4.37. The van der Waals surface area contributed by atoms with Crippen LogP contribution in [0.15, 0.2) is 0 Å². The van der Waals surface area contributed by atoms with Crippen molar-refractivity contribution in [1.29, 1.82) is 0 Å². The Morgan fingerprint density at radius 2 is 1.54 bits per heavy atom. The van der Waals surface area contributed by atoms with E-state index in [-0.39, 0.29) is 12.4 Å². The van der Waals surface area contributed by atoms with Crippen molar-refractivity contribution in [2.75, 3.05) is 5.75 Å². The number of carbonyl (C=O) groups is 3. The molecule has 0 aliphatic rings. The summed E-state index contributed by atoms with van der Waals surface area (Å²) in [6.45, 7) is 3.67. The van der Waals surface area contributed by atoms with E-state index in [2.05, 4.69) is 0 Å². The first kappa shape index (κ1) is 25.1. The van der Waals surface area contributed by atoms with E-state index in [1.54, 1.807) is 0 Å². The Kier molecular flexibility index (Phi) is 11.1. The van der Waals surface area contributed by atoms with Crippen LogP contribution in [0.5, 0.6) is 0 Å². The summed E-state index contributed by atoms with van der Waals surface area (Å²) in [5.41, 5.74) is 8.43. The Labute approximate surface area is 148 Å². The first-order valence-corrected chi connectivity index (χ1v) is 9.28. The molecule has 0 bridgehead atoms. The van der Waals surface area contributed by atoms with Crippen molar-refractivity contribution in [2.24, 2.45) is 11.5 Å². The van der Waals surface area contributed by atoms with Gasteiger partial charge in [-0.05, 0) is 12.8 Å². The molecule has 1 atom stereocenters. The van der Waals surface area contributed by atoms with Gasteiger partial charge >= 0.3 is 5.97 Å². The van der Waals surface area contributed by atoms with Gasteiger partial charge in [-0.2, -0.15) is 0 Å². The predicted octanol–water partition coefficient (Wildman–Crippen LogP) is 0.409. The van der Waals surface area contributed by atoms with Gasteiger partial charge in [0, 0.05) is 6.42 Å². The minimum atomic E-state index is -3.83. The van der Waals surface area contributed by atoms with Gasteiger partial charge in [0.1, 0.15) is 0 Å². The van der Waals surface area contributed by atoms with Crippen molar-refractivity contribution in [1.82, 2.24) is 0 Å². The lowest BCUT2D eigenvalue weighted by Gasteiger charge is -2.26. The number of amides is 1. The van der Waals surface area contributed by atoms with E-state index < -0.39 is 56.9 Å². The van der Waals surface area contributed by atoms with Crippen LogP contribution in [0, 0.1) is 0 Å². The van der Waals surface area contributed by atoms with Crippen molar-refractivity contribution >= 4 is 39.9 Å². The van der Waals surface area contributed by atoms with Gasteiger partial charge < -0.3 is 16.6 Å². The number of carbonyl (C=O) groups excluding carboxylic acids is 2.